The Labute approximate surface area is 148 Å². The van der Waals surface area contributed by atoms with Crippen molar-refractivity contribution < 1.29 is 0 Å². The standard InChI is InChI=1S/C20H29ClSi2/c1-6-7-13-23(21,18-11-9-8-10-12-18)20-15-17(2)14-19(16-20)22(3,4)5/h8-12,14-16H,6-7,13H2,1-5H3. The van der Waals surface area contributed by atoms with Crippen LogP contribution >= 0.6 is 11.1 Å². The van der Waals surface area contributed by atoms with Crippen molar-refractivity contribution in [2.24, 2.45) is 0 Å². The van der Waals surface area contributed by atoms with Crippen LogP contribution in [-0.2, 0) is 0 Å². The van der Waals surface area contributed by atoms with E-state index < -0.39 is 15.5 Å². The molecule has 0 aliphatic rings. The van der Waals surface area contributed by atoms with Crippen LogP contribution in [0.5, 0.6) is 0 Å². The molecule has 124 valence electrons. The molecule has 0 bridgehead atoms. The van der Waals surface area contributed by atoms with Crippen LogP contribution in [0.1, 0.15) is 25.3 Å². The summed E-state index contributed by atoms with van der Waals surface area (Å²) < 4.78 is 0. The highest BCUT2D eigenvalue weighted by molar-refractivity contribution is 7.34. The van der Waals surface area contributed by atoms with Gasteiger partial charge in [0.05, 0.1) is 8.07 Å². The molecule has 2 aromatic carbocycles. The average Bonchev–Trinajstić information content (AvgIpc) is 2.52. The zero-order valence-electron chi connectivity index (χ0n) is 15.1. The Kier molecular flexibility index (Phi) is 5.93. The van der Waals surface area contributed by atoms with Gasteiger partial charge in [0, 0.05) is 0 Å². The van der Waals surface area contributed by atoms with Crippen molar-refractivity contribution in [2.75, 3.05) is 0 Å². The van der Waals surface area contributed by atoms with Crippen LogP contribution in [0.2, 0.25) is 25.7 Å². The first kappa shape index (κ1) is 18.5. The summed E-state index contributed by atoms with van der Waals surface area (Å²) in [4.78, 5) is 0. The third-order valence-corrected chi connectivity index (χ3v) is 11.9. The molecule has 0 saturated heterocycles. The van der Waals surface area contributed by atoms with Gasteiger partial charge < -0.3 is 0 Å². The second kappa shape index (κ2) is 7.37. The molecule has 0 aliphatic heterocycles. The quantitative estimate of drug-likeness (QED) is 0.520. The van der Waals surface area contributed by atoms with Crippen LogP contribution < -0.4 is 15.6 Å². The summed E-state index contributed by atoms with van der Waals surface area (Å²) in [6, 6.07) is 19.0. The van der Waals surface area contributed by atoms with Crippen LogP contribution in [0.25, 0.3) is 0 Å². The summed E-state index contributed by atoms with van der Waals surface area (Å²) in [5, 5.41) is 4.27. The Hall–Kier alpha value is -0.836. The van der Waals surface area contributed by atoms with E-state index in [4.69, 9.17) is 11.1 Å². The number of hydrogen-bond acceptors (Lipinski definition) is 0. The van der Waals surface area contributed by atoms with Gasteiger partial charge >= 0.3 is 0 Å². The van der Waals surface area contributed by atoms with Crippen molar-refractivity contribution >= 4 is 42.1 Å². The maximum atomic E-state index is 7.42. The fraction of sp³-hybridized carbons (Fsp3) is 0.400. The molecule has 0 spiro atoms. The molecule has 23 heavy (non-hydrogen) atoms. The van der Waals surface area contributed by atoms with Crippen LogP contribution in [0.15, 0.2) is 48.5 Å². The molecule has 0 aromatic heterocycles. The number of halogens is 1. The third-order valence-electron chi connectivity index (χ3n) is 4.51. The van der Waals surface area contributed by atoms with Crippen molar-refractivity contribution in [3.05, 3.63) is 54.1 Å². The lowest BCUT2D eigenvalue weighted by Gasteiger charge is -2.28. The fourth-order valence-electron chi connectivity index (χ4n) is 3.02. The van der Waals surface area contributed by atoms with Gasteiger partial charge in [-0.3, -0.25) is 0 Å². The molecule has 0 saturated carbocycles. The van der Waals surface area contributed by atoms with Gasteiger partial charge in [-0.05, 0) is 23.3 Å². The molecule has 0 heterocycles. The highest BCUT2D eigenvalue weighted by atomic mass is 35.6. The first-order valence-electron chi connectivity index (χ1n) is 8.64. The van der Waals surface area contributed by atoms with Crippen molar-refractivity contribution in [1.29, 1.82) is 0 Å². The Morgan fingerprint density at radius 3 is 2.04 bits per heavy atom. The predicted molar refractivity (Wildman–Crippen MR) is 111 cm³/mol. The van der Waals surface area contributed by atoms with E-state index in [1.807, 2.05) is 0 Å². The normalized spacial score (nSPS) is 14.5. The largest absolute Gasteiger partial charge is 0.217 e. The topological polar surface area (TPSA) is 0 Å². The second-order valence-electron chi connectivity index (χ2n) is 7.61. The van der Waals surface area contributed by atoms with E-state index in [9.17, 15) is 0 Å². The van der Waals surface area contributed by atoms with E-state index in [-0.39, 0.29) is 0 Å². The van der Waals surface area contributed by atoms with Gasteiger partial charge in [-0.2, -0.15) is 11.1 Å². The number of rotatable bonds is 6. The minimum Gasteiger partial charge on any atom is -0.155 e. The Morgan fingerprint density at radius 1 is 0.870 bits per heavy atom. The smallest absolute Gasteiger partial charge is 0.155 e. The fourth-order valence-corrected chi connectivity index (χ4v) is 8.84. The summed E-state index contributed by atoms with van der Waals surface area (Å²) in [6.07, 6.45) is 2.39. The maximum absolute atomic E-state index is 7.42. The van der Waals surface area contributed by atoms with E-state index in [1.54, 1.807) is 0 Å². The van der Waals surface area contributed by atoms with E-state index >= 15 is 0 Å². The summed E-state index contributed by atoms with van der Waals surface area (Å²) >= 11 is 7.42. The zero-order valence-corrected chi connectivity index (χ0v) is 17.9. The summed E-state index contributed by atoms with van der Waals surface area (Å²) in [5.41, 5.74) is 1.35. The van der Waals surface area contributed by atoms with Crippen LogP contribution in [0.3, 0.4) is 0 Å². The van der Waals surface area contributed by atoms with Crippen molar-refractivity contribution in [2.45, 2.75) is 52.4 Å². The monoisotopic (exact) mass is 360 g/mol. The van der Waals surface area contributed by atoms with Crippen LogP contribution in [0, 0.1) is 6.92 Å². The average molecular weight is 361 g/mol. The number of hydrogen-bond donors (Lipinski definition) is 0. The summed E-state index contributed by atoms with van der Waals surface area (Å²) in [7, 11) is -3.51. The van der Waals surface area contributed by atoms with Gasteiger partial charge in [0.15, 0.2) is 0 Å². The van der Waals surface area contributed by atoms with Gasteiger partial charge in [0.2, 0.25) is 7.38 Å². The molecule has 2 rings (SSSR count). The van der Waals surface area contributed by atoms with Gasteiger partial charge in [-0.1, -0.05) is 98.7 Å². The zero-order chi connectivity index (χ0) is 17.1. The molecule has 0 N–H and O–H groups in total. The van der Waals surface area contributed by atoms with E-state index in [0.29, 0.717) is 0 Å². The SMILES string of the molecule is CCCC[Si](Cl)(c1ccccc1)c1cc(C)cc([Si](C)(C)C)c1. The Bertz CT molecular complexity index is 646. The van der Waals surface area contributed by atoms with Gasteiger partial charge in [-0.25, -0.2) is 0 Å². The third kappa shape index (κ3) is 4.37. The predicted octanol–water partition coefficient (Wildman–Crippen LogP) is 4.64. The molecule has 0 aliphatic carbocycles. The van der Waals surface area contributed by atoms with Gasteiger partial charge in [-0.15, -0.1) is 0 Å². The molecular formula is C20H29ClSi2. The molecule has 3 heteroatoms. The minimum atomic E-state index is -2.17. The summed E-state index contributed by atoms with van der Waals surface area (Å²) in [6.45, 7) is 11.7. The van der Waals surface area contributed by atoms with Gasteiger partial charge in [0.25, 0.3) is 0 Å². The van der Waals surface area contributed by atoms with Crippen LogP contribution in [0.4, 0.5) is 0 Å². The van der Waals surface area contributed by atoms with Crippen LogP contribution in [-0.4, -0.2) is 15.5 Å². The molecule has 0 fully saturated rings. The maximum Gasteiger partial charge on any atom is 0.217 e. The van der Waals surface area contributed by atoms with E-state index in [0.717, 1.165) is 6.04 Å². The van der Waals surface area contributed by atoms with Crippen molar-refractivity contribution in [3.63, 3.8) is 0 Å². The highest BCUT2D eigenvalue weighted by Gasteiger charge is 2.35. The molecule has 0 amide bonds. The van der Waals surface area contributed by atoms with Crippen molar-refractivity contribution in [3.8, 4) is 0 Å². The van der Waals surface area contributed by atoms with E-state index in [1.165, 1.54) is 34.0 Å². The number of aryl methyl sites for hydroxylation is 1. The first-order valence-corrected chi connectivity index (χ1v) is 15.4. The first-order chi connectivity index (χ1) is 10.8. The number of benzene rings is 2. The molecule has 0 nitrogen and oxygen atoms in total. The number of unbranched alkanes of at least 4 members (excludes halogenated alkanes) is 1. The van der Waals surface area contributed by atoms with E-state index in [2.05, 4.69) is 82.0 Å². The second-order valence-corrected chi connectivity index (χ2v) is 17.9. The summed E-state index contributed by atoms with van der Waals surface area (Å²) in [5.74, 6) is 0. The molecule has 1 unspecified atom stereocenters. The molecular weight excluding hydrogens is 332 g/mol. The Morgan fingerprint density at radius 2 is 1.48 bits per heavy atom. The molecule has 1 atom stereocenters. The minimum absolute atomic E-state index is 1.11. The lowest BCUT2D eigenvalue weighted by atomic mass is 10.2. The van der Waals surface area contributed by atoms with Crippen molar-refractivity contribution in [1.82, 2.24) is 0 Å². The van der Waals surface area contributed by atoms with Gasteiger partial charge in [0.1, 0.15) is 0 Å². The lowest BCUT2D eigenvalue weighted by Crippen LogP contribution is -2.55. The highest BCUT2D eigenvalue weighted by Crippen LogP contribution is 2.20. The lowest BCUT2D eigenvalue weighted by molar-refractivity contribution is 0.876. The molecule has 0 radical (unpaired) electrons. The Balaban J connectivity index is 2.58. The molecule has 2 aromatic rings.